The van der Waals surface area contributed by atoms with E-state index in [9.17, 15) is 13.2 Å². The van der Waals surface area contributed by atoms with Crippen molar-refractivity contribution in [2.45, 2.75) is 30.2 Å². The van der Waals surface area contributed by atoms with Crippen LogP contribution in [0.4, 0.5) is 0 Å². The molecule has 2 aromatic rings. The number of hydrogen-bond donors (Lipinski definition) is 3. The molecule has 112 valence electrons. The minimum absolute atomic E-state index is 0.143. The first-order chi connectivity index (χ1) is 9.97. The molecule has 0 bridgehead atoms. The summed E-state index contributed by atoms with van der Waals surface area (Å²) in [5, 5.41) is 9.49. The number of carboxylic acid groups (broad SMARTS) is 1. The van der Waals surface area contributed by atoms with Gasteiger partial charge >= 0.3 is 5.97 Å². The van der Waals surface area contributed by atoms with Crippen LogP contribution in [0.5, 0.6) is 0 Å². The Kier molecular flexibility index (Phi) is 3.42. The molecule has 0 amide bonds. The van der Waals surface area contributed by atoms with Crippen LogP contribution in [0.3, 0.4) is 0 Å². The SMILES string of the molecule is O=C(O)[C@@H]1CC[C@H](NS(=O)(=O)c2c[nH]c3ncccc23)C1. The van der Waals surface area contributed by atoms with Crippen LogP contribution >= 0.6 is 0 Å². The van der Waals surface area contributed by atoms with E-state index < -0.39 is 21.9 Å². The van der Waals surface area contributed by atoms with Crippen molar-refractivity contribution in [3.8, 4) is 0 Å². The topological polar surface area (TPSA) is 112 Å². The number of H-pyrrole nitrogens is 1. The van der Waals surface area contributed by atoms with Gasteiger partial charge in [-0.05, 0) is 31.4 Å². The van der Waals surface area contributed by atoms with E-state index in [0.717, 1.165) is 0 Å². The predicted molar refractivity (Wildman–Crippen MR) is 75.2 cm³/mol. The average molecular weight is 309 g/mol. The number of rotatable bonds is 4. The Hall–Kier alpha value is -1.93. The van der Waals surface area contributed by atoms with Gasteiger partial charge in [0, 0.05) is 23.8 Å². The summed E-state index contributed by atoms with van der Waals surface area (Å²) in [6, 6.07) is 3.02. The number of aromatic amines is 1. The Morgan fingerprint density at radius 1 is 1.43 bits per heavy atom. The first kappa shape index (κ1) is 14.0. The van der Waals surface area contributed by atoms with Gasteiger partial charge in [-0.25, -0.2) is 18.1 Å². The molecule has 0 saturated heterocycles. The second kappa shape index (κ2) is 5.12. The van der Waals surface area contributed by atoms with E-state index in [1.165, 1.54) is 6.20 Å². The average Bonchev–Trinajstić information content (AvgIpc) is 3.04. The maximum Gasteiger partial charge on any atom is 0.306 e. The van der Waals surface area contributed by atoms with Gasteiger partial charge in [0.15, 0.2) is 0 Å². The van der Waals surface area contributed by atoms with Crippen LogP contribution in [0.15, 0.2) is 29.4 Å². The number of pyridine rings is 1. The van der Waals surface area contributed by atoms with Crippen molar-refractivity contribution >= 4 is 27.0 Å². The first-order valence-corrected chi connectivity index (χ1v) is 8.13. The van der Waals surface area contributed by atoms with Crippen molar-refractivity contribution in [3.05, 3.63) is 24.5 Å². The fourth-order valence-corrected chi connectivity index (χ4v) is 4.20. The second-order valence-corrected chi connectivity index (χ2v) is 6.90. The van der Waals surface area contributed by atoms with Crippen molar-refractivity contribution < 1.29 is 18.3 Å². The van der Waals surface area contributed by atoms with Crippen LogP contribution in [0.25, 0.3) is 11.0 Å². The molecule has 3 rings (SSSR count). The van der Waals surface area contributed by atoms with Gasteiger partial charge in [0.25, 0.3) is 0 Å². The van der Waals surface area contributed by atoms with Gasteiger partial charge in [0.2, 0.25) is 10.0 Å². The maximum absolute atomic E-state index is 12.4. The van der Waals surface area contributed by atoms with E-state index in [1.807, 2.05) is 0 Å². The minimum atomic E-state index is -3.69. The van der Waals surface area contributed by atoms with Gasteiger partial charge in [-0.15, -0.1) is 0 Å². The smallest absolute Gasteiger partial charge is 0.306 e. The third-order valence-electron chi connectivity index (χ3n) is 3.81. The quantitative estimate of drug-likeness (QED) is 0.782. The Balaban J connectivity index is 1.83. The molecule has 3 N–H and O–H groups in total. The van der Waals surface area contributed by atoms with E-state index in [2.05, 4.69) is 14.7 Å². The van der Waals surface area contributed by atoms with Crippen molar-refractivity contribution in [1.82, 2.24) is 14.7 Å². The molecule has 0 spiro atoms. The van der Waals surface area contributed by atoms with E-state index in [0.29, 0.717) is 30.3 Å². The number of carbonyl (C=O) groups is 1. The minimum Gasteiger partial charge on any atom is -0.481 e. The van der Waals surface area contributed by atoms with Gasteiger partial charge < -0.3 is 10.1 Å². The van der Waals surface area contributed by atoms with Crippen molar-refractivity contribution in [1.29, 1.82) is 0 Å². The molecule has 2 atom stereocenters. The van der Waals surface area contributed by atoms with Gasteiger partial charge in [-0.1, -0.05) is 0 Å². The zero-order chi connectivity index (χ0) is 15.0. The fourth-order valence-electron chi connectivity index (χ4n) is 2.75. The first-order valence-electron chi connectivity index (χ1n) is 6.64. The molecule has 1 aliphatic rings. The van der Waals surface area contributed by atoms with Gasteiger partial charge in [-0.2, -0.15) is 0 Å². The molecule has 1 saturated carbocycles. The lowest BCUT2D eigenvalue weighted by Crippen LogP contribution is -2.33. The van der Waals surface area contributed by atoms with Crippen LogP contribution in [0, 0.1) is 5.92 Å². The number of aromatic nitrogens is 2. The molecule has 21 heavy (non-hydrogen) atoms. The molecule has 0 aliphatic heterocycles. The Morgan fingerprint density at radius 3 is 2.95 bits per heavy atom. The van der Waals surface area contributed by atoms with Gasteiger partial charge in [0.1, 0.15) is 10.5 Å². The number of carboxylic acids is 1. The maximum atomic E-state index is 12.4. The van der Waals surface area contributed by atoms with E-state index in [4.69, 9.17) is 5.11 Å². The van der Waals surface area contributed by atoms with E-state index >= 15 is 0 Å². The highest BCUT2D eigenvalue weighted by Crippen LogP contribution is 2.28. The highest BCUT2D eigenvalue weighted by atomic mass is 32.2. The van der Waals surface area contributed by atoms with Gasteiger partial charge in [-0.3, -0.25) is 4.79 Å². The van der Waals surface area contributed by atoms with Gasteiger partial charge in [0.05, 0.1) is 5.92 Å². The highest BCUT2D eigenvalue weighted by molar-refractivity contribution is 7.89. The van der Waals surface area contributed by atoms with Crippen LogP contribution in [0.2, 0.25) is 0 Å². The zero-order valence-corrected chi connectivity index (χ0v) is 11.9. The van der Waals surface area contributed by atoms with Crippen LogP contribution in [-0.4, -0.2) is 35.5 Å². The Bertz CT molecular complexity index is 784. The fraction of sp³-hybridized carbons (Fsp3) is 0.385. The Labute approximate surface area is 121 Å². The third-order valence-corrected chi connectivity index (χ3v) is 5.37. The molecule has 2 aromatic heterocycles. The number of aliphatic carboxylic acids is 1. The van der Waals surface area contributed by atoms with Crippen molar-refractivity contribution in [2.24, 2.45) is 5.92 Å². The van der Waals surface area contributed by atoms with Crippen LogP contribution in [-0.2, 0) is 14.8 Å². The molecule has 0 aromatic carbocycles. The lowest BCUT2D eigenvalue weighted by Gasteiger charge is -2.12. The second-order valence-electron chi connectivity index (χ2n) is 5.22. The normalized spacial score (nSPS) is 22.7. The monoisotopic (exact) mass is 309 g/mol. The summed E-state index contributed by atoms with van der Waals surface area (Å²) in [7, 11) is -3.69. The summed E-state index contributed by atoms with van der Waals surface area (Å²) in [6.45, 7) is 0. The molecular weight excluding hydrogens is 294 g/mol. The summed E-state index contributed by atoms with van der Waals surface area (Å²) < 4.78 is 27.5. The number of nitrogens with one attached hydrogen (secondary N) is 2. The number of nitrogens with zero attached hydrogens (tertiary/aromatic N) is 1. The third kappa shape index (κ3) is 2.64. The lowest BCUT2D eigenvalue weighted by atomic mass is 10.1. The lowest BCUT2D eigenvalue weighted by molar-refractivity contribution is -0.141. The van der Waals surface area contributed by atoms with Crippen LogP contribution < -0.4 is 4.72 Å². The Morgan fingerprint density at radius 2 is 2.24 bits per heavy atom. The molecule has 0 unspecified atom stereocenters. The summed E-state index contributed by atoms with van der Waals surface area (Å²) in [5.41, 5.74) is 0.507. The molecule has 7 nitrogen and oxygen atoms in total. The highest BCUT2D eigenvalue weighted by Gasteiger charge is 2.33. The molecule has 1 aliphatic carbocycles. The predicted octanol–water partition coefficient (Wildman–Crippen LogP) is 1.09. The standard InChI is InChI=1S/C13H15N3O4S/c17-13(18)8-3-4-9(6-8)16-21(19,20)11-7-15-12-10(11)2-1-5-14-12/h1-2,5,7-9,16H,3-4,6H2,(H,14,15)(H,17,18)/t8-,9+/m1/s1. The zero-order valence-electron chi connectivity index (χ0n) is 11.1. The number of hydrogen-bond acceptors (Lipinski definition) is 4. The molecule has 8 heteroatoms. The summed E-state index contributed by atoms with van der Waals surface area (Å²) in [6.07, 6.45) is 4.35. The molecular formula is C13H15N3O4S. The molecule has 2 heterocycles. The van der Waals surface area contributed by atoms with Crippen molar-refractivity contribution in [3.63, 3.8) is 0 Å². The number of fused-ring (bicyclic) bond motifs is 1. The van der Waals surface area contributed by atoms with Crippen molar-refractivity contribution in [2.75, 3.05) is 0 Å². The van der Waals surface area contributed by atoms with E-state index in [1.54, 1.807) is 18.3 Å². The summed E-state index contributed by atoms with van der Waals surface area (Å²) in [5.74, 6) is -1.34. The largest absolute Gasteiger partial charge is 0.481 e. The molecule has 1 fully saturated rings. The molecule has 0 radical (unpaired) electrons. The van der Waals surface area contributed by atoms with Crippen LogP contribution in [0.1, 0.15) is 19.3 Å². The summed E-state index contributed by atoms with van der Waals surface area (Å²) >= 11 is 0. The number of sulfonamides is 1. The summed E-state index contributed by atoms with van der Waals surface area (Å²) in [4.78, 5) is 17.9. The van der Waals surface area contributed by atoms with E-state index in [-0.39, 0.29) is 10.9 Å².